The van der Waals surface area contributed by atoms with Crippen LogP contribution in [0, 0.1) is 5.92 Å². The number of hydrogen-bond donors (Lipinski definition) is 2. The summed E-state index contributed by atoms with van der Waals surface area (Å²) in [5.74, 6) is 0.194. The lowest BCUT2D eigenvalue weighted by atomic mass is 9.94. The Labute approximate surface area is 205 Å². The number of amides is 2. The number of hydrogen-bond acceptors (Lipinski definition) is 4. The lowest BCUT2D eigenvalue weighted by molar-refractivity contribution is -0.111. The number of nitrogens with one attached hydrogen (secondary N) is 2. The lowest BCUT2D eigenvalue weighted by Gasteiger charge is -2.28. The van der Waals surface area contributed by atoms with Gasteiger partial charge in [0.1, 0.15) is 5.69 Å². The number of benzene rings is 2. The Bertz CT molecular complexity index is 1220. The van der Waals surface area contributed by atoms with Crippen LogP contribution in [0.25, 0.3) is 22.0 Å². The molecule has 2 amide bonds. The molecule has 4 rings (SSSR count). The maximum Gasteiger partial charge on any atom is 0.269 e. The average Bonchev–Trinajstić information content (AvgIpc) is 2.86. The van der Waals surface area contributed by atoms with E-state index in [1.807, 2.05) is 30.3 Å². The van der Waals surface area contributed by atoms with E-state index < -0.39 is 0 Å². The van der Waals surface area contributed by atoms with Gasteiger partial charge in [-0.15, -0.1) is 0 Å². The first kappa shape index (κ1) is 23.9. The zero-order valence-electron chi connectivity index (χ0n) is 19.3. The van der Waals surface area contributed by atoms with Crippen LogP contribution in [-0.2, 0) is 4.79 Å². The third kappa shape index (κ3) is 5.64. The van der Waals surface area contributed by atoms with E-state index in [0.29, 0.717) is 34.6 Å². The standard InChI is InChI=1S/C27H29ClN4O2/c1-3-26(33)31-24-10-9-22(28)20-8-7-19(17-21(20)24)23-5-4-6-25(30-23)27(34)29-14-11-18-12-15-32(2)16-13-18/h3-10,17-18H,1,11-16H2,2H3,(H,29,34)(H,31,33). The van der Waals surface area contributed by atoms with Crippen molar-refractivity contribution in [3.8, 4) is 11.3 Å². The Hall–Kier alpha value is -3.22. The highest BCUT2D eigenvalue weighted by molar-refractivity contribution is 6.36. The molecule has 0 bridgehead atoms. The smallest absolute Gasteiger partial charge is 0.269 e. The second-order valence-corrected chi connectivity index (χ2v) is 9.16. The molecule has 1 saturated heterocycles. The molecule has 2 aromatic carbocycles. The molecule has 0 atom stereocenters. The van der Waals surface area contributed by atoms with Gasteiger partial charge in [0.05, 0.1) is 5.69 Å². The Kier molecular flexibility index (Phi) is 7.60. The van der Waals surface area contributed by atoms with Crippen LogP contribution >= 0.6 is 11.6 Å². The summed E-state index contributed by atoms with van der Waals surface area (Å²) < 4.78 is 0. The third-order valence-corrected chi connectivity index (χ3v) is 6.69. The van der Waals surface area contributed by atoms with E-state index in [2.05, 4.69) is 34.1 Å². The number of carbonyl (C=O) groups excluding carboxylic acids is 2. The van der Waals surface area contributed by atoms with Crippen LogP contribution in [0.4, 0.5) is 5.69 Å². The molecule has 2 heterocycles. The average molecular weight is 477 g/mol. The molecule has 2 N–H and O–H groups in total. The number of piperidine rings is 1. The summed E-state index contributed by atoms with van der Waals surface area (Å²) in [6.07, 6.45) is 4.58. The van der Waals surface area contributed by atoms with Gasteiger partial charge in [-0.25, -0.2) is 4.98 Å². The number of pyridine rings is 1. The van der Waals surface area contributed by atoms with Crippen molar-refractivity contribution in [1.29, 1.82) is 0 Å². The second kappa shape index (κ2) is 10.8. The molecule has 0 aliphatic carbocycles. The van der Waals surface area contributed by atoms with Crippen LogP contribution in [0.2, 0.25) is 5.02 Å². The van der Waals surface area contributed by atoms with Gasteiger partial charge in [0.25, 0.3) is 5.91 Å². The molecule has 34 heavy (non-hydrogen) atoms. The summed E-state index contributed by atoms with van der Waals surface area (Å²) in [5.41, 5.74) is 2.51. The molecule has 0 saturated carbocycles. The summed E-state index contributed by atoms with van der Waals surface area (Å²) >= 11 is 6.37. The number of rotatable bonds is 7. The minimum atomic E-state index is -0.300. The molecule has 176 valence electrons. The number of anilines is 1. The molecule has 1 aliphatic heterocycles. The van der Waals surface area contributed by atoms with Gasteiger partial charge in [-0.2, -0.15) is 0 Å². The van der Waals surface area contributed by atoms with Crippen molar-refractivity contribution in [2.75, 3.05) is 32.0 Å². The molecule has 1 fully saturated rings. The van der Waals surface area contributed by atoms with Crippen molar-refractivity contribution in [2.24, 2.45) is 5.92 Å². The van der Waals surface area contributed by atoms with Gasteiger partial charge in [-0.1, -0.05) is 36.4 Å². The van der Waals surface area contributed by atoms with E-state index in [1.165, 1.54) is 18.9 Å². The number of fused-ring (bicyclic) bond motifs is 1. The maximum absolute atomic E-state index is 12.7. The predicted octanol–water partition coefficient (Wildman–Crippen LogP) is 5.14. The molecule has 6 nitrogen and oxygen atoms in total. The Morgan fingerprint density at radius 2 is 1.94 bits per heavy atom. The number of likely N-dealkylation sites (tertiary alicyclic amines) is 1. The Balaban J connectivity index is 1.50. The van der Waals surface area contributed by atoms with Crippen molar-refractivity contribution in [1.82, 2.24) is 15.2 Å². The first-order valence-electron chi connectivity index (χ1n) is 11.5. The monoisotopic (exact) mass is 476 g/mol. The summed E-state index contributed by atoms with van der Waals surface area (Å²) in [4.78, 5) is 31.5. The fraction of sp³-hybridized carbons (Fsp3) is 0.296. The predicted molar refractivity (Wildman–Crippen MR) is 138 cm³/mol. The van der Waals surface area contributed by atoms with Gasteiger partial charge in [0, 0.05) is 33.6 Å². The minimum absolute atomic E-state index is 0.169. The molecule has 1 aromatic heterocycles. The van der Waals surface area contributed by atoms with Crippen LogP contribution in [0.5, 0.6) is 0 Å². The van der Waals surface area contributed by atoms with Crippen molar-refractivity contribution >= 4 is 39.9 Å². The molecular weight excluding hydrogens is 448 g/mol. The van der Waals surface area contributed by atoms with E-state index in [4.69, 9.17) is 11.6 Å². The Morgan fingerprint density at radius 1 is 1.15 bits per heavy atom. The zero-order valence-corrected chi connectivity index (χ0v) is 20.1. The van der Waals surface area contributed by atoms with Crippen LogP contribution in [0.15, 0.2) is 61.2 Å². The van der Waals surface area contributed by atoms with Gasteiger partial charge < -0.3 is 15.5 Å². The zero-order chi connectivity index (χ0) is 24.1. The van der Waals surface area contributed by atoms with Gasteiger partial charge in [-0.3, -0.25) is 9.59 Å². The Morgan fingerprint density at radius 3 is 2.71 bits per heavy atom. The van der Waals surface area contributed by atoms with Crippen molar-refractivity contribution < 1.29 is 9.59 Å². The fourth-order valence-corrected chi connectivity index (χ4v) is 4.54. The quantitative estimate of drug-likeness (QED) is 0.463. The SMILES string of the molecule is C=CC(=O)Nc1ccc(Cl)c2ccc(-c3cccc(C(=O)NCCC4CCN(C)CC4)n3)cc12. The van der Waals surface area contributed by atoms with E-state index in [-0.39, 0.29) is 11.8 Å². The lowest BCUT2D eigenvalue weighted by Crippen LogP contribution is -2.32. The van der Waals surface area contributed by atoms with Gasteiger partial charge in [0.2, 0.25) is 5.91 Å². The number of aromatic nitrogens is 1. The fourth-order valence-electron chi connectivity index (χ4n) is 4.32. The molecular formula is C27H29ClN4O2. The molecule has 0 unspecified atom stereocenters. The van der Waals surface area contributed by atoms with Gasteiger partial charge in [-0.05, 0) is 81.7 Å². The number of halogens is 1. The topological polar surface area (TPSA) is 74.3 Å². The van der Waals surface area contributed by atoms with Crippen LogP contribution in [0.1, 0.15) is 29.8 Å². The van der Waals surface area contributed by atoms with Crippen molar-refractivity contribution in [2.45, 2.75) is 19.3 Å². The van der Waals surface area contributed by atoms with Crippen LogP contribution in [0.3, 0.4) is 0 Å². The highest BCUT2D eigenvalue weighted by atomic mass is 35.5. The highest BCUT2D eigenvalue weighted by Gasteiger charge is 2.17. The van der Waals surface area contributed by atoms with Crippen molar-refractivity contribution in [3.63, 3.8) is 0 Å². The summed E-state index contributed by atoms with van der Waals surface area (Å²) in [6.45, 7) is 6.41. The molecule has 1 aliphatic rings. The summed E-state index contributed by atoms with van der Waals surface area (Å²) in [6, 6.07) is 14.7. The highest BCUT2D eigenvalue weighted by Crippen LogP contribution is 2.33. The van der Waals surface area contributed by atoms with Crippen LogP contribution < -0.4 is 10.6 Å². The maximum atomic E-state index is 12.7. The number of carbonyl (C=O) groups is 2. The normalized spacial score (nSPS) is 14.6. The summed E-state index contributed by atoms with van der Waals surface area (Å²) in [7, 11) is 2.15. The minimum Gasteiger partial charge on any atom is -0.351 e. The van der Waals surface area contributed by atoms with E-state index in [1.54, 1.807) is 18.2 Å². The van der Waals surface area contributed by atoms with Crippen LogP contribution in [-0.4, -0.2) is 48.4 Å². The van der Waals surface area contributed by atoms with Gasteiger partial charge in [0.15, 0.2) is 0 Å². The van der Waals surface area contributed by atoms with Crippen molar-refractivity contribution in [3.05, 3.63) is 71.9 Å². The van der Waals surface area contributed by atoms with E-state index in [9.17, 15) is 9.59 Å². The first-order chi connectivity index (χ1) is 16.4. The number of nitrogens with zero attached hydrogens (tertiary/aromatic N) is 2. The third-order valence-electron chi connectivity index (χ3n) is 6.36. The van der Waals surface area contributed by atoms with E-state index in [0.717, 1.165) is 35.8 Å². The van der Waals surface area contributed by atoms with Gasteiger partial charge >= 0.3 is 0 Å². The molecule has 0 spiro atoms. The van der Waals surface area contributed by atoms with E-state index >= 15 is 0 Å². The molecule has 3 aromatic rings. The summed E-state index contributed by atoms with van der Waals surface area (Å²) in [5, 5.41) is 8.03. The second-order valence-electron chi connectivity index (χ2n) is 8.75. The first-order valence-corrected chi connectivity index (χ1v) is 11.9. The molecule has 0 radical (unpaired) electrons. The largest absolute Gasteiger partial charge is 0.351 e. The molecule has 7 heteroatoms.